The monoisotopic (exact) mass is 393 g/mol. The fraction of sp³-hybridized carbons (Fsp3) is 0.375. The highest BCUT2D eigenvalue weighted by Crippen LogP contribution is 2.19. The molecule has 1 saturated heterocycles. The third-order valence-electron chi connectivity index (χ3n) is 5.80. The normalized spacial score (nSPS) is 18.3. The van der Waals surface area contributed by atoms with E-state index in [4.69, 9.17) is 0 Å². The number of hydrogen-bond acceptors (Lipinski definition) is 4. The number of piperazine rings is 1. The van der Waals surface area contributed by atoms with E-state index in [9.17, 15) is 9.50 Å². The molecule has 2 aromatic carbocycles. The zero-order valence-electron chi connectivity index (χ0n) is 16.7. The van der Waals surface area contributed by atoms with Gasteiger partial charge in [-0.05, 0) is 30.5 Å². The lowest BCUT2D eigenvalue weighted by molar-refractivity contribution is 0.0556. The van der Waals surface area contributed by atoms with Crippen LogP contribution < -0.4 is 0 Å². The minimum atomic E-state index is -0.270. The number of aliphatic hydroxyl groups is 1. The Labute approximate surface area is 171 Å². The van der Waals surface area contributed by atoms with Gasteiger partial charge in [0.05, 0.1) is 5.69 Å². The van der Waals surface area contributed by atoms with Crippen molar-refractivity contribution < 1.29 is 9.50 Å². The number of aromatic nitrogens is 1. The molecule has 0 saturated carbocycles. The lowest BCUT2D eigenvalue weighted by Crippen LogP contribution is -2.53. The Morgan fingerprint density at radius 1 is 1.00 bits per heavy atom. The first-order chi connectivity index (χ1) is 14.2. The van der Waals surface area contributed by atoms with Crippen LogP contribution in [0.4, 0.5) is 4.39 Å². The molecule has 1 aliphatic heterocycles. The summed E-state index contributed by atoms with van der Waals surface area (Å²) in [6.07, 6.45) is 1.79. The van der Waals surface area contributed by atoms with Crippen molar-refractivity contribution in [1.82, 2.24) is 14.8 Å². The molecule has 4 rings (SSSR count). The Hall–Kier alpha value is -2.34. The Kier molecular flexibility index (Phi) is 6.49. The highest BCUT2D eigenvalue weighted by molar-refractivity contribution is 5.79. The number of fused-ring (bicyclic) bond motifs is 1. The maximum atomic E-state index is 14.1. The van der Waals surface area contributed by atoms with Crippen molar-refractivity contribution in [2.75, 3.05) is 32.8 Å². The van der Waals surface area contributed by atoms with Crippen LogP contribution in [0.2, 0.25) is 0 Å². The first-order valence-corrected chi connectivity index (χ1v) is 10.4. The molecule has 0 radical (unpaired) electrons. The zero-order chi connectivity index (χ0) is 20.1. The maximum absolute atomic E-state index is 14.1. The van der Waals surface area contributed by atoms with Gasteiger partial charge in [-0.2, -0.15) is 0 Å². The minimum absolute atomic E-state index is 0.194. The summed E-state index contributed by atoms with van der Waals surface area (Å²) in [5, 5.41) is 10.4. The number of benzene rings is 2. The SMILES string of the molecule is OCCC1CN(Cc2ccc3cccc(F)c3n2)CCN1CCc1ccccc1. The summed E-state index contributed by atoms with van der Waals surface area (Å²) in [5.74, 6) is -0.270. The van der Waals surface area contributed by atoms with Crippen molar-refractivity contribution in [2.45, 2.75) is 25.4 Å². The highest BCUT2D eigenvalue weighted by atomic mass is 19.1. The molecule has 1 atom stereocenters. The summed E-state index contributed by atoms with van der Waals surface area (Å²) < 4.78 is 14.1. The van der Waals surface area contributed by atoms with E-state index >= 15 is 0 Å². The number of hydrogen-bond donors (Lipinski definition) is 1. The van der Waals surface area contributed by atoms with Gasteiger partial charge >= 0.3 is 0 Å². The highest BCUT2D eigenvalue weighted by Gasteiger charge is 2.26. The molecule has 5 heteroatoms. The van der Waals surface area contributed by atoms with Crippen LogP contribution in [0.3, 0.4) is 0 Å². The van der Waals surface area contributed by atoms with E-state index in [1.165, 1.54) is 11.6 Å². The maximum Gasteiger partial charge on any atom is 0.149 e. The molecular weight excluding hydrogens is 365 g/mol. The molecule has 0 bridgehead atoms. The van der Waals surface area contributed by atoms with Crippen LogP contribution in [0, 0.1) is 5.82 Å². The molecule has 4 nitrogen and oxygen atoms in total. The number of aliphatic hydroxyl groups excluding tert-OH is 1. The molecule has 0 amide bonds. The molecule has 0 aliphatic carbocycles. The first kappa shape index (κ1) is 20.0. The van der Waals surface area contributed by atoms with E-state index in [1.807, 2.05) is 24.3 Å². The molecule has 152 valence electrons. The lowest BCUT2D eigenvalue weighted by atomic mass is 10.1. The van der Waals surface area contributed by atoms with Gasteiger partial charge in [0.15, 0.2) is 0 Å². The van der Waals surface area contributed by atoms with Gasteiger partial charge in [-0.25, -0.2) is 9.37 Å². The van der Waals surface area contributed by atoms with E-state index in [0.717, 1.165) is 50.1 Å². The summed E-state index contributed by atoms with van der Waals surface area (Å²) in [6, 6.07) is 19.9. The van der Waals surface area contributed by atoms with Crippen LogP contribution in [0.15, 0.2) is 60.7 Å². The summed E-state index contributed by atoms with van der Waals surface area (Å²) >= 11 is 0. The molecule has 1 N–H and O–H groups in total. The van der Waals surface area contributed by atoms with Crippen molar-refractivity contribution in [3.8, 4) is 0 Å². The van der Waals surface area contributed by atoms with Crippen molar-refractivity contribution in [1.29, 1.82) is 0 Å². The van der Waals surface area contributed by atoms with Crippen molar-refractivity contribution in [2.24, 2.45) is 0 Å². The zero-order valence-corrected chi connectivity index (χ0v) is 16.7. The Bertz CT molecular complexity index is 934. The molecule has 1 unspecified atom stereocenters. The van der Waals surface area contributed by atoms with Crippen LogP contribution in [0.1, 0.15) is 17.7 Å². The van der Waals surface area contributed by atoms with E-state index in [0.29, 0.717) is 18.1 Å². The second-order valence-corrected chi connectivity index (χ2v) is 7.79. The van der Waals surface area contributed by atoms with Gasteiger partial charge in [0.1, 0.15) is 11.3 Å². The second-order valence-electron chi connectivity index (χ2n) is 7.79. The van der Waals surface area contributed by atoms with Gasteiger partial charge in [-0.3, -0.25) is 9.80 Å². The van der Waals surface area contributed by atoms with Crippen molar-refractivity contribution in [3.05, 3.63) is 77.7 Å². The summed E-state index contributed by atoms with van der Waals surface area (Å²) in [6.45, 7) is 4.72. The molecular formula is C24H28FN3O. The smallest absolute Gasteiger partial charge is 0.149 e. The standard InChI is InChI=1S/C24H28FN3O/c25-23-8-4-7-20-9-10-21(26-24(20)23)17-27-14-15-28(22(18-27)12-16-29)13-11-19-5-2-1-3-6-19/h1-10,22,29H,11-18H2. The van der Waals surface area contributed by atoms with Gasteiger partial charge in [0.25, 0.3) is 0 Å². The van der Waals surface area contributed by atoms with E-state index in [-0.39, 0.29) is 12.4 Å². The average molecular weight is 394 g/mol. The largest absolute Gasteiger partial charge is 0.396 e. The lowest BCUT2D eigenvalue weighted by Gasteiger charge is -2.41. The quantitative estimate of drug-likeness (QED) is 0.667. The molecule has 29 heavy (non-hydrogen) atoms. The van der Waals surface area contributed by atoms with Crippen LogP contribution in [-0.4, -0.2) is 58.7 Å². The van der Waals surface area contributed by atoms with Crippen LogP contribution >= 0.6 is 0 Å². The summed E-state index contributed by atoms with van der Waals surface area (Å²) in [5.41, 5.74) is 2.68. The fourth-order valence-electron chi connectivity index (χ4n) is 4.20. The number of para-hydroxylation sites is 1. The van der Waals surface area contributed by atoms with E-state index in [1.54, 1.807) is 6.07 Å². The summed E-state index contributed by atoms with van der Waals surface area (Å²) in [4.78, 5) is 9.42. The summed E-state index contributed by atoms with van der Waals surface area (Å²) in [7, 11) is 0. The Morgan fingerprint density at radius 2 is 1.86 bits per heavy atom. The number of rotatable bonds is 7. The molecule has 1 aromatic heterocycles. The van der Waals surface area contributed by atoms with E-state index < -0.39 is 0 Å². The molecule has 1 aliphatic rings. The number of pyridine rings is 1. The van der Waals surface area contributed by atoms with Gasteiger partial charge < -0.3 is 5.11 Å². The topological polar surface area (TPSA) is 39.6 Å². The van der Waals surface area contributed by atoms with Crippen molar-refractivity contribution >= 4 is 10.9 Å². The van der Waals surface area contributed by atoms with E-state index in [2.05, 4.69) is 39.0 Å². The Balaban J connectivity index is 1.39. The molecule has 2 heterocycles. The minimum Gasteiger partial charge on any atom is -0.396 e. The van der Waals surface area contributed by atoms with Gasteiger partial charge in [0, 0.05) is 50.8 Å². The van der Waals surface area contributed by atoms with Gasteiger partial charge in [-0.1, -0.05) is 48.5 Å². The van der Waals surface area contributed by atoms with Crippen LogP contribution in [0.25, 0.3) is 10.9 Å². The van der Waals surface area contributed by atoms with Crippen LogP contribution in [-0.2, 0) is 13.0 Å². The molecule has 0 spiro atoms. The second kappa shape index (κ2) is 9.44. The molecule has 3 aromatic rings. The third kappa shape index (κ3) is 4.99. The van der Waals surface area contributed by atoms with Crippen LogP contribution in [0.5, 0.6) is 0 Å². The van der Waals surface area contributed by atoms with Gasteiger partial charge in [0.2, 0.25) is 0 Å². The third-order valence-corrected chi connectivity index (χ3v) is 5.80. The predicted octanol–water partition coefficient (Wildman–Crippen LogP) is 3.49. The van der Waals surface area contributed by atoms with Gasteiger partial charge in [-0.15, -0.1) is 0 Å². The van der Waals surface area contributed by atoms with Crippen molar-refractivity contribution in [3.63, 3.8) is 0 Å². The number of nitrogens with zero attached hydrogens (tertiary/aromatic N) is 3. The first-order valence-electron chi connectivity index (χ1n) is 10.4. The average Bonchev–Trinajstić information content (AvgIpc) is 2.75. The Morgan fingerprint density at radius 3 is 2.69 bits per heavy atom. The molecule has 1 fully saturated rings. The fourth-order valence-corrected chi connectivity index (χ4v) is 4.20. The predicted molar refractivity (Wildman–Crippen MR) is 114 cm³/mol. The number of halogens is 1.